The fourth-order valence-corrected chi connectivity index (χ4v) is 2.02. The number of carbonyl (C=O) groups is 1. The largest absolute Gasteiger partial charge is 0.834 e. The monoisotopic (exact) mass is 309 g/mol. The van der Waals surface area contributed by atoms with Gasteiger partial charge in [-0.05, 0) is 31.8 Å². The molecule has 1 rings (SSSR count). The van der Waals surface area contributed by atoms with Gasteiger partial charge in [-0.3, -0.25) is 14.9 Å². The van der Waals surface area contributed by atoms with Crippen LogP contribution in [0.25, 0.3) is 0 Å². The Morgan fingerprint density at radius 3 is 2.77 bits per heavy atom. The molecule has 122 valence electrons. The molecule has 1 amide bonds. The van der Waals surface area contributed by atoms with Crippen LogP contribution in [0.1, 0.15) is 50.3 Å². The van der Waals surface area contributed by atoms with E-state index in [0.717, 1.165) is 18.4 Å². The molecule has 22 heavy (non-hydrogen) atoms. The Bertz CT molecular complexity index is 519. The third-order valence-electron chi connectivity index (χ3n) is 3.29. The van der Waals surface area contributed by atoms with Crippen LogP contribution in [0.3, 0.4) is 0 Å². The van der Waals surface area contributed by atoms with Crippen molar-refractivity contribution in [2.75, 3.05) is 6.79 Å². The molecule has 1 unspecified atom stereocenters. The highest BCUT2D eigenvalue weighted by atomic mass is 16.6. The van der Waals surface area contributed by atoms with Crippen molar-refractivity contribution in [3.8, 4) is 0 Å². The number of hydrogen-bond donors (Lipinski definition) is 1. The van der Waals surface area contributed by atoms with Gasteiger partial charge in [0.05, 0.1) is 16.6 Å². The van der Waals surface area contributed by atoms with Crippen LogP contribution in [0.15, 0.2) is 18.2 Å². The number of carbonyl (C=O) groups excluding carboxylic acids is 1. The Labute approximate surface area is 129 Å². The molecule has 0 radical (unpaired) electrons. The summed E-state index contributed by atoms with van der Waals surface area (Å²) in [5.74, 6) is -0.0504. The van der Waals surface area contributed by atoms with Gasteiger partial charge in [0.1, 0.15) is 0 Å². The number of benzene rings is 1. The summed E-state index contributed by atoms with van der Waals surface area (Å²) in [4.78, 5) is 22.1. The summed E-state index contributed by atoms with van der Waals surface area (Å²) in [6.07, 6.45) is 1.56. The quantitative estimate of drug-likeness (QED) is 0.425. The molecule has 7 nitrogen and oxygen atoms in total. The van der Waals surface area contributed by atoms with Crippen LogP contribution in [0.2, 0.25) is 0 Å². The van der Waals surface area contributed by atoms with Gasteiger partial charge in [0, 0.05) is 19.0 Å². The molecule has 0 spiro atoms. The van der Waals surface area contributed by atoms with Crippen LogP contribution >= 0.6 is 0 Å². The van der Waals surface area contributed by atoms with Gasteiger partial charge < -0.3 is 15.2 Å². The van der Waals surface area contributed by atoms with Crippen LogP contribution in [-0.2, 0) is 16.1 Å². The van der Waals surface area contributed by atoms with Crippen LogP contribution < -0.4 is 10.4 Å². The zero-order valence-electron chi connectivity index (χ0n) is 12.8. The van der Waals surface area contributed by atoms with Crippen molar-refractivity contribution in [3.63, 3.8) is 0 Å². The summed E-state index contributed by atoms with van der Waals surface area (Å²) in [7, 11) is 0. The van der Waals surface area contributed by atoms with Crippen LogP contribution in [0.5, 0.6) is 0 Å². The lowest BCUT2D eigenvalue weighted by atomic mass is 10.0. The molecule has 0 heterocycles. The van der Waals surface area contributed by atoms with Crippen molar-refractivity contribution in [3.05, 3.63) is 39.4 Å². The third kappa shape index (κ3) is 5.42. The van der Waals surface area contributed by atoms with Gasteiger partial charge >= 0.3 is 0 Å². The molecule has 7 heteroatoms. The molecule has 0 saturated heterocycles. The Kier molecular flexibility index (Phi) is 7.48. The molecule has 1 atom stereocenters. The number of nitro groups is 1. The first-order chi connectivity index (χ1) is 10.5. The van der Waals surface area contributed by atoms with E-state index >= 15 is 0 Å². The predicted molar refractivity (Wildman–Crippen MR) is 78.8 cm³/mol. The smallest absolute Gasteiger partial charge is 0.275 e. The fraction of sp³-hybridized carbons (Fsp3) is 0.533. The lowest BCUT2D eigenvalue weighted by Gasteiger charge is -2.16. The number of hydrogen-bond acceptors (Lipinski definition) is 5. The number of unbranched alkanes of at least 4 members (excludes halogenated alkanes) is 1. The van der Waals surface area contributed by atoms with E-state index in [-0.39, 0.29) is 18.1 Å². The first-order valence-electron chi connectivity index (χ1n) is 7.23. The van der Waals surface area contributed by atoms with E-state index in [2.05, 4.69) is 5.32 Å². The van der Waals surface area contributed by atoms with E-state index in [1.165, 1.54) is 6.07 Å². The van der Waals surface area contributed by atoms with Crippen molar-refractivity contribution < 1.29 is 19.6 Å². The number of rotatable bonds is 9. The Morgan fingerprint density at radius 2 is 2.18 bits per heavy atom. The summed E-state index contributed by atoms with van der Waals surface area (Å²) in [6.45, 7) is 3.12. The maximum Gasteiger partial charge on any atom is 0.275 e. The molecule has 0 saturated carbocycles. The van der Waals surface area contributed by atoms with E-state index in [1.54, 1.807) is 19.1 Å². The first kappa shape index (κ1) is 18.1. The van der Waals surface area contributed by atoms with Gasteiger partial charge in [0.25, 0.3) is 5.69 Å². The average Bonchev–Trinajstić information content (AvgIpc) is 2.50. The average molecular weight is 309 g/mol. The highest BCUT2D eigenvalue weighted by Crippen LogP contribution is 2.28. The van der Waals surface area contributed by atoms with E-state index < -0.39 is 17.8 Å². The number of nitrogens with zero attached hydrogens (tertiary/aromatic N) is 1. The van der Waals surface area contributed by atoms with Crippen molar-refractivity contribution in [2.45, 2.75) is 45.8 Å². The molecule has 0 fully saturated rings. The van der Waals surface area contributed by atoms with Crippen molar-refractivity contribution in [1.82, 2.24) is 5.32 Å². The van der Waals surface area contributed by atoms with Crippen molar-refractivity contribution >= 4 is 11.6 Å². The third-order valence-corrected chi connectivity index (χ3v) is 3.29. The first-order valence-corrected chi connectivity index (χ1v) is 7.23. The van der Waals surface area contributed by atoms with E-state index in [0.29, 0.717) is 12.0 Å². The van der Waals surface area contributed by atoms with Gasteiger partial charge in [-0.1, -0.05) is 19.4 Å². The van der Waals surface area contributed by atoms with Gasteiger partial charge in [-0.15, -0.1) is 0 Å². The lowest BCUT2D eigenvalue weighted by Crippen LogP contribution is -2.22. The zero-order chi connectivity index (χ0) is 16.5. The minimum absolute atomic E-state index is 0.0504. The Balaban J connectivity index is 2.82. The highest BCUT2D eigenvalue weighted by molar-refractivity contribution is 5.75. The minimum atomic E-state index is -0.768. The molecule has 0 aliphatic heterocycles. The van der Waals surface area contributed by atoms with Crippen LogP contribution in [0, 0.1) is 10.1 Å². The Hall–Kier alpha value is -1.99. The summed E-state index contributed by atoms with van der Waals surface area (Å²) in [5, 5.41) is 24.3. The van der Waals surface area contributed by atoms with Gasteiger partial charge in [0.15, 0.2) is 0 Å². The number of nitro benzene ring substituents is 1. The molecule has 0 aliphatic carbocycles. The van der Waals surface area contributed by atoms with E-state index in [1.807, 2.05) is 6.92 Å². The zero-order valence-corrected chi connectivity index (χ0v) is 12.8. The molecule has 1 aromatic carbocycles. The topological polar surface area (TPSA) is 105 Å². The van der Waals surface area contributed by atoms with Gasteiger partial charge in [-0.25, -0.2) is 0 Å². The molecule has 1 aromatic rings. The summed E-state index contributed by atoms with van der Waals surface area (Å²) >= 11 is 0. The summed E-state index contributed by atoms with van der Waals surface area (Å²) in [5.41, 5.74) is 0.968. The second-order valence-corrected chi connectivity index (χ2v) is 4.96. The van der Waals surface area contributed by atoms with E-state index in [9.17, 15) is 20.0 Å². The fourth-order valence-electron chi connectivity index (χ4n) is 2.02. The lowest BCUT2D eigenvalue weighted by molar-refractivity contribution is -0.438. The number of amides is 1. The van der Waals surface area contributed by atoms with E-state index in [4.69, 9.17) is 4.74 Å². The second kappa shape index (κ2) is 9.11. The van der Waals surface area contributed by atoms with Crippen LogP contribution in [-0.4, -0.2) is 17.6 Å². The second-order valence-electron chi connectivity index (χ2n) is 4.96. The SMILES string of the molecule is CCCCC(=O)NCc1ccc([N+](=O)[O-])c(C(C)OC[O-])c1. The minimum Gasteiger partial charge on any atom is -0.834 e. The predicted octanol–water partition coefficient (Wildman–Crippen LogP) is 1.80. The van der Waals surface area contributed by atoms with Crippen molar-refractivity contribution in [2.24, 2.45) is 0 Å². The highest BCUT2D eigenvalue weighted by Gasteiger charge is 2.19. The van der Waals surface area contributed by atoms with Gasteiger partial charge in [0.2, 0.25) is 5.91 Å². The Morgan fingerprint density at radius 1 is 1.45 bits per heavy atom. The molecular weight excluding hydrogens is 288 g/mol. The normalized spacial score (nSPS) is 12.0. The summed E-state index contributed by atoms with van der Waals surface area (Å²) in [6, 6.07) is 4.55. The summed E-state index contributed by atoms with van der Waals surface area (Å²) < 4.78 is 4.91. The maximum atomic E-state index is 11.6. The standard InChI is InChI=1S/C15H21N2O5/c1-3-4-5-15(19)16-9-12-6-7-14(17(20)21)13(8-12)11(2)22-10-18/h6-8,11H,3-5,9-10H2,1-2H3,(H,16,19)/q-1. The number of ether oxygens (including phenoxy) is 1. The molecule has 0 bridgehead atoms. The molecular formula is C15H21N2O5-. The molecule has 0 aromatic heterocycles. The number of nitrogens with one attached hydrogen (secondary N) is 1. The molecule has 1 N–H and O–H groups in total. The van der Waals surface area contributed by atoms with Crippen molar-refractivity contribution in [1.29, 1.82) is 0 Å². The van der Waals surface area contributed by atoms with Crippen LogP contribution in [0.4, 0.5) is 5.69 Å². The molecule has 0 aliphatic rings. The van der Waals surface area contributed by atoms with Gasteiger partial charge in [-0.2, -0.15) is 0 Å². The maximum absolute atomic E-state index is 11.6.